The van der Waals surface area contributed by atoms with Gasteiger partial charge < -0.3 is 15.3 Å². The van der Waals surface area contributed by atoms with Crippen molar-refractivity contribution < 1.29 is 5.11 Å². The van der Waals surface area contributed by atoms with Gasteiger partial charge in [-0.2, -0.15) is 0 Å². The summed E-state index contributed by atoms with van der Waals surface area (Å²) in [6, 6.07) is 6.54. The second-order valence-corrected chi connectivity index (χ2v) is 4.84. The number of rotatable bonds is 5. The number of hydrogen-bond acceptors (Lipinski definition) is 4. The molecule has 0 aliphatic heterocycles. The number of hydrogen-bond donors (Lipinski definition) is 2. The van der Waals surface area contributed by atoms with Gasteiger partial charge in [-0.25, -0.2) is 4.98 Å². The minimum Gasteiger partial charge on any atom is -0.395 e. The van der Waals surface area contributed by atoms with Crippen LogP contribution in [0.3, 0.4) is 0 Å². The van der Waals surface area contributed by atoms with Gasteiger partial charge in [0.25, 0.3) is 0 Å². The number of pyridine rings is 1. The molecule has 1 fully saturated rings. The number of aliphatic hydroxyl groups excluding tert-OH is 1. The zero-order valence-corrected chi connectivity index (χ0v) is 11.1. The monoisotopic (exact) mass is 249 g/mol. The van der Waals surface area contributed by atoms with E-state index in [1.807, 2.05) is 25.2 Å². The van der Waals surface area contributed by atoms with Crippen LogP contribution in [0.15, 0.2) is 18.2 Å². The fraction of sp³-hybridized carbons (Fsp3) is 0.643. The van der Waals surface area contributed by atoms with Gasteiger partial charge in [-0.15, -0.1) is 0 Å². The predicted octanol–water partition coefficient (Wildman–Crippen LogP) is 2.25. The lowest BCUT2D eigenvalue weighted by Gasteiger charge is -2.35. The van der Waals surface area contributed by atoms with Crippen LogP contribution < -0.4 is 10.2 Å². The van der Waals surface area contributed by atoms with Crippen LogP contribution in [0, 0.1) is 0 Å². The summed E-state index contributed by atoms with van der Waals surface area (Å²) in [6.45, 7) is 0.854. The van der Waals surface area contributed by atoms with E-state index >= 15 is 0 Å². The Hall–Kier alpha value is -1.29. The summed E-state index contributed by atoms with van der Waals surface area (Å²) in [5.74, 6) is 1.86. The Bertz CT molecular complexity index is 364. The molecule has 0 unspecified atom stereocenters. The summed E-state index contributed by atoms with van der Waals surface area (Å²) in [5.41, 5.74) is 0. The molecule has 0 amide bonds. The highest BCUT2D eigenvalue weighted by Crippen LogP contribution is 2.26. The van der Waals surface area contributed by atoms with E-state index in [1.54, 1.807) is 0 Å². The molecule has 0 atom stereocenters. The van der Waals surface area contributed by atoms with Crippen LogP contribution in [0.1, 0.15) is 32.1 Å². The molecule has 4 heteroatoms. The summed E-state index contributed by atoms with van der Waals surface area (Å²) in [4.78, 5) is 6.85. The summed E-state index contributed by atoms with van der Waals surface area (Å²) in [5, 5.41) is 12.3. The molecule has 1 saturated carbocycles. The third-order valence-corrected chi connectivity index (χ3v) is 3.64. The zero-order valence-electron chi connectivity index (χ0n) is 11.1. The van der Waals surface area contributed by atoms with Gasteiger partial charge in [0.1, 0.15) is 11.6 Å². The highest BCUT2D eigenvalue weighted by molar-refractivity contribution is 5.47. The van der Waals surface area contributed by atoms with Crippen LogP contribution in [-0.2, 0) is 0 Å². The molecule has 1 heterocycles. The summed E-state index contributed by atoms with van der Waals surface area (Å²) in [6.07, 6.45) is 6.35. The van der Waals surface area contributed by atoms with Crippen molar-refractivity contribution in [1.29, 1.82) is 0 Å². The average molecular weight is 249 g/mol. The molecular formula is C14H23N3O. The Kier molecular flexibility index (Phi) is 4.81. The van der Waals surface area contributed by atoms with Gasteiger partial charge in [0.15, 0.2) is 0 Å². The molecule has 2 rings (SSSR count). The van der Waals surface area contributed by atoms with Gasteiger partial charge in [0.05, 0.1) is 6.61 Å². The smallest absolute Gasteiger partial charge is 0.131 e. The van der Waals surface area contributed by atoms with E-state index in [9.17, 15) is 5.11 Å². The number of aliphatic hydroxyl groups is 1. The second kappa shape index (κ2) is 6.59. The lowest BCUT2D eigenvalue weighted by Crippen LogP contribution is -2.39. The SMILES string of the molecule is CNc1cccc(N(CCO)C2CCCCC2)n1. The van der Waals surface area contributed by atoms with Crippen molar-refractivity contribution >= 4 is 11.6 Å². The molecule has 0 spiro atoms. The Morgan fingerprint density at radius 1 is 1.33 bits per heavy atom. The van der Waals surface area contributed by atoms with Crippen LogP contribution >= 0.6 is 0 Å². The summed E-state index contributed by atoms with van der Waals surface area (Å²) in [7, 11) is 1.88. The van der Waals surface area contributed by atoms with Gasteiger partial charge >= 0.3 is 0 Å². The maximum absolute atomic E-state index is 9.27. The van der Waals surface area contributed by atoms with Crippen molar-refractivity contribution in [3.63, 3.8) is 0 Å². The molecule has 1 aromatic heterocycles. The van der Waals surface area contributed by atoms with Gasteiger partial charge in [0, 0.05) is 19.6 Å². The first-order valence-electron chi connectivity index (χ1n) is 6.87. The number of nitrogens with zero attached hydrogens (tertiary/aromatic N) is 2. The maximum atomic E-state index is 9.27. The standard InChI is InChI=1S/C14H23N3O/c1-15-13-8-5-9-14(16-13)17(10-11-18)12-6-3-2-4-7-12/h5,8-9,12,18H,2-4,6-7,10-11H2,1H3,(H,15,16). The van der Waals surface area contributed by atoms with Crippen LogP contribution in [-0.4, -0.2) is 36.3 Å². The largest absolute Gasteiger partial charge is 0.395 e. The van der Waals surface area contributed by atoms with E-state index in [1.165, 1.54) is 32.1 Å². The highest BCUT2D eigenvalue weighted by atomic mass is 16.3. The predicted molar refractivity (Wildman–Crippen MR) is 75.1 cm³/mol. The number of aromatic nitrogens is 1. The average Bonchev–Trinajstić information content (AvgIpc) is 2.46. The third kappa shape index (κ3) is 3.13. The molecule has 1 aliphatic carbocycles. The Balaban J connectivity index is 2.16. The lowest BCUT2D eigenvalue weighted by atomic mass is 9.94. The van der Waals surface area contributed by atoms with Crippen molar-refractivity contribution in [1.82, 2.24) is 4.98 Å². The van der Waals surface area contributed by atoms with Gasteiger partial charge in [-0.1, -0.05) is 25.3 Å². The van der Waals surface area contributed by atoms with Crippen molar-refractivity contribution in [2.45, 2.75) is 38.1 Å². The van der Waals surface area contributed by atoms with Crippen molar-refractivity contribution in [3.05, 3.63) is 18.2 Å². The number of anilines is 2. The van der Waals surface area contributed by atoms with Crippen molar-refractivity contribution in [3.8, 4) is 0 Å². The first kappa shape index (κ1) is 13.1. The Labute approximate surface area is 109 Å². The lowest BCUT2D eigenvalue weighted by molar-refractivity contribution is 0.289. The van der Waals surface area contributed by atoms with E-state index in [-0.39, 0.29) is 6.61 Å². The van der Waals surface area contributed by atoms with E-state index in [4.69, 9.17) is 0 Å². The van der Waals surface area contributed by atoms with Crippen LogP contribution in [0.5, 0.6) is 0 Å². The van der Waals surface area contributed by atoms with Crippen LogP contribution in [0.2, 0.25) is 0 Å². The molecule has 4 nitrogen and oxygen atoms in total. The number of nitrogens with one attached hydrogen (secondary N) is 1. The Morgan fingerprint density at radius 2 is 2.11 bits per heavy atom. The normalized spacial score (nSPS) is 16.6. The minimum atomic E-state index is 0.183. The van der Waals surface area contributed by atoms with E-state index in [0.717, 1.165) is 11.6 Å². The zero-order chi connectivity index (χ0) is 12.8. The molecule has 0 radical (unpaired) electrons. The molecule has 0 aromatic carbocycles. The molecular weight excluding hydrogens is 226 g/mol. The minimum absolute atomic E-state index is 0.183. The maximum Gasteiger partial charge on any atom is 0.131 e. The van der Waals surface area contributed by atoms with Gasteiger partial charge in [-0.3, -0.25) is 0 Å². The van der Waals surface area contributed by atoms with Gasteiger partial charge in [-0.05, 0) is 25.0 Å². The van der Waals surface area contributed by atoms with Crippen molar-refractivity contribution in [2.24, 2.45) is 0 Å². The second-order valence-electron chi connectivity index (χ2n) is 4.84. The first-order valence-corrected chi connectivity index (χ1v) is 6.87. The van der Waals surface area contributed by atoms with Crippen LogP contribution in [0.25, 0.3) is 0 Å². The van der Waals surface area contributed by atoms with E-state index < -0.39 is 0 Å². The molecule has 1 aliphatic rings. The first-order chi connectivity index (χ1) is 8.85. The quantitative estimate of drug-likeness (QED) is 0.840. The highest BCUT2D eigenvalue weighted by Gasteiger charge is 2.21. The molecule has 0 bridgehead atoms. The van der Waals surface area contributed by atoms with E-state index in [2.05, 4.69) is 15.2 Å². The van der Waals surface area contributed by atoms with Gasteiger partial charge in [0.2, 0.25) is 0 Å². The molecule has 2 N–H and O–H groups in total. The summed E-state index contributed by atoms with van der Waals surface area (Å²) >= 11 is 0. The topological polar surface area (TPSA) is 48.4 Å². The third-order valence-electron chi connectivity index (χ3n) is 3.64. The molecule has 1 aromatic rings. The van der Waals surface area contributed by atoms with Crippen molar-refractivity contribution in [2.75, 3.05) is 30.4 Å². The molecule has 18 heavy (non-hydrogen) atoms. The Morgan fingerprint density at radius 3 is 2.78 bits per heavy atom. The summed E-state index contributed by atoms with van der Waals surface area (Å²) < 4.78 is 0. The van der Waals surface area contributed by atoms with E-state index in [0.29, 0.717) is 12.6 Å². The molecule has 100 valence electrons. The fourth-order valence-electron chi connectivity index (χ4n) is 2.71. The van der Waals surface area contributed by atoms with Crippen LogP contribution in [0.4, 0.5) is 11.6 Å². The fourth-order valence-corrected chi connectivity index (χ4v) is 2.71. The molecule has 0 saturated heterocycles.